The molecule has 0 spiro atoms. The molecule has 3 N–H and O–H groups in total. The van der Waals surface area contributed by atoms with E-state index in [1.165, 1.54) is 161 Å². The highest BCUT2D eigenvalue weighted by Gasteiger charge is 2.30. The molecule has 5 atom stereocenters. The highest BCUT2D eigenvalue weighted by atomic mass is 31.2. The second-order valence-electron chi connectivity index (χ2n) is 27.1. The van der Waals surface area contributed by atoms with Crippen molar-refractivity contribution >= 4 is 39.5 Å². The van der Waals surface area contributed by atoms with Crippen LogP contribution in [0.3, 0.4) is 0 Å². The summed E-state index contributed by atoms with van der Waals surface area (Å²) in [5.41, 5.74) is 0. The summed E-state index contributed by atoms with van der Waals surface area (Å²) in [4.78, 5) is 72.3. The van der Waals surface area contributed by atoms with E-state index in [-0.39, 0.29) is 25.7 Å². The van der Waals surface area contributed by atoms with Gasteiger partial charge in [0.1, 0.15) is 19.3 Å². The van der Waals surface area contributed by atoms with Gasteiger partial charge in [-0.05, 0) is 43.4 Å². The van der Waals surface area contributed by atoms with Gasteiger partial charge in [-0.25, -0.2) is 9.13 Å². The summed E-state index contributed by atoms with van der Waals surface area (Å²) < 4.78 is 68.1. The largest absolute Gasteiger partial charge is 0.472 e. The van der Waals surface area contributed by atoms with Crippen LogP contribution in [0.1, 0.15) is 357 Å². The number of ether oxygens (including phenoxy) is 4. The molecule has 0 rings (SSSR count). The van der Waals surface area contributed by atoms with Gasteiger partial charge in [0.05, 0.1) is 26.4 Å². The first-order valence-electron chi connectivity index (χ1n) is 36.8. The second kappa shape index (κ2) is 61.9. The molecule has 0 amide bonds. The summed E-state index contributed by atoms with van der Waals surface area (Å²) >= 11 is 0. The van der Waals surface area contributed by atoms with Gasteiger partial charge in [-0.1, -0.05) is 305 Å². The molecule has 0 aromatic rings. The van der Waals surface area contributed by atoms with Crippen LogP contribution in [-0.4, -0.2) is 96.7 Å². The van der Waals surface area contributed by atoms with Crippen LogP contribution in [0.25, 0.3) is 0 Å². The number of unbranched alkanes of at least 4 members (excludes halogenated alkanes) is 37. The third-order valence-electron chi connectivity index (χ3n) is 16.4. The predicted molar refractivity (Wildman–Crippen MR) is 363 cm³/mol. The van der Waals surface area contributed by atoms with Crippen LogP contribution >= 0.6 is 15.6 Å². The van der Waals surface area contributed by atoms with Gasteiger partial charge in [0, 0.05) is 25.7 Å². The number of esters is 4. The van der Waals surface area contributed by atoms with Gasteiger partial charge in [-0.3, -0.25) is 37.3 Å². The highest BCUT2D eigenvalue weighted by molar-refractivity contribution is 7.47. The van der Waals surface area contributed by atoms with Crippen LogP contribution in [0, 0.1) is 17.8 Å². The van der Waals surface area contributed by atoms with Crippen molar-refractivity contribution in [2.75, 3.05) is 39.6 Å². The highest BCUT2D eigenvalue weighted by Crippen LogP contribution is 2.45. The number of hydrogen-bond acceptors (Lipinski definition) is 15. The zero-order valence-corrected chi connectivity index (χ0v) is 60.4. The number of aliphatic hydroxyl groups is 1. The molecule has 0 saturated carbocycles. The molecule has 2 unspecified atom stereocenters. The Bertz CT molecular complexity index is 1770. The maximum Gasteiger partial charge on any atom is 0.472 e. The molecule has 19 heteroatoms. The van der Waals surface area contributed by atoms with Gasteiger partial charge >= 0.3 is 39.5 Å². The summed E-state index contributed by atoms with van der Waals surface area (Å²) in [7, 11) is -9.89. The Morgan fingerprint density at radius 2 is 0.511 bits per heavy atom. The lowest BCUT2D eigenvalue weighted by Crippen LogP contribution is -2.30. The fraction of sp³-hybridized carbons (Fsp3) is 0.944. The molecule has 0 aliphatic rings. The Labute approximate surface area is 549 Å². The minimum atomic E-state index is -4.95. The molecule has 0 heterocycles. The van der Waals surface area contributed by atoms with Crippen molar-refractivity contribution in [2.45, 2.75) is 375 Å². The maximum atomic E-state index is 13.0. The summed E-state index contributed by atoms with van der Waals surface area (Å²) in [5.74, 6) is 0.176. The first kappa shape index (κ1) is 88.1. The fourth-order valence-corrected chi connectivity index (χ4v) is 12.3. The lowest BCUT2D eigenvalue weighted by molar-refractivity contribution is -0.161. The molecule has 90 heavy (non-hydrogen) atoms. The van der Waals surface area contributed by atoms with E-state index < -0.39 is 97.5 Å². The first-order valence-corrected chi connectivity index (χ1v) is 39.8. The van der Waals surface area contributed by atoms with Crippen molar-refractivity contribution in [1.29, 1.82) is 0 Å². The summed E-state index contributed by atoms with van der Waals surface area (Å²) in [6.45, 7) is 11.8. The lowest BCUT2D eigenvalue weighted by Gasteiger charge is -2.21. The van der Waals surface area contributed by atoms with Crippen LogP contribution in [-0.2, 0) is 65.4 Å². The topological polar surface area (TPSA) is 237 Å². The van der Waals surface area contributed by atoms with E-state index in [4.69, 9.17) is 37.0 Å². The molecule has 0 aliphatic heterocycles. The van der Waals surface area contributed by atoms with Crippen LogP contribution in [0.4, 0.5) is 0 Å². The number of carbonyl (C=O) groups is 4. The molecular formula is C71H138O17P2. The molecule has 17 nitrogen and oxygen atoms in total. The zero-order chi connectivity index (χ0) is 66.6. The zero-order valence-electron chi connectivity index (χ0n) is 58.6. The van der Waals surface area contributed by atoms with Crippen LogP contribution in [0.2, 0.25) is 0 Å². The first-order chi connectivity index (χ1) is 43.2. The van der Waals surface area contributed by atoms with Crippen molar-refractivity contribution in [2.24, 2.45) is 17.8 Å². The Hall–Kier alpha value is -1.94. The number of aliphatic hydroxyl groups excluding tert-OH is 1. The number of hydrogen-bond donors (Lipinski definition) is 3. The summed E-state index contributed by atoms with van der Waals surface area (Å²) in [6, 6.07) is 0. The number of carbonyl (C=O) groups excluding carboxylic acids is 4. The minimum absolute atomic E-state index is 0.103. The molecule has 0 aliphatic carbocycles. The summed E-state index contributed by atoms with van der Waals surface area (Å²) in [5, 5.41) is 10.6. The Morgan fingerprint density at radius 3 is 0.756 bits per heavy atom. The molecular weight excluding hydrogens is 1190 g/mol. The van der Waals surface area contributed by atoms with Crippen LogP contribution < -0.4 is 0 Å². The third-order valence-corrected chi connectivity index (χ3v) is 18.3. The van der Waals surface area contributed by atoms with Crippen LogP contribution in [0.15, 0.2) is 0 Å². The van der Waals surface area contributed by atoms with Gasteiger partial charge in [0.2, 0.25) is 0 Å². The molecule has 0 aromatic heterocycles. The van der Waals surface area contributed by atoms with Gasteiger partial charge in [0.15, 0.2) is 12.2 Å². The Balaban J connectivity index is 5.16. The van der Waals surface area contributed by atoms with E-state index in [0.717, 1.165) is 114 Å². The molecule has 534 valence electrons. The number of rotatable bonds is 69. The van der Waals surface area contributed by atoms with Crippen LogP contribution in [0.5, 0.6) is 0 Å². The molecule has 0 saturated heterocycles. The van der Waals surface area contributed by atoms with E-state index >= 15 is 0 Å². The van der Waals surface area contributed by atoms with Crippen molar-refractivity contribution in [1.82, 2.24) is 0 Å². The minimum Gasteiger partial charge on any atom is -0.462 e. The molecule has 0 radical (unpaired) electrons. The van der Waals surface area contributed by atoms with Gasteiger partial charge in [-0.15, -0.1) is 0 Å². The fourth-order valence-electron chi connectivity index (χ4n) is 10.7. The van der Waals surface area contributed by atoms with Crippen molar-refractivity contribution in [3.8, 4) is 0 Å². The van der Waals surface area contributed by atoms with Gasteiger partial charge in [0.25, 0.3) is 0 Å². The van der Waals surface area contributed by atoms with Crippen molar-refractivity contribution in [3.05, 3.63) is 0 Å². The van der Waals surface area contributed by atoms with E-state index in [2.05, 4.69) is 48.5 Å². The van der Waals surface area contributed by atoms with E-state index in [1.54, 1.807) is 0 Å². The number of phosphoric acid groups is 2. The number of phosphoric ester groups is 2. The molecule has 0 fully saturated rings. The van der Waals surface area contributed by atoms with E-state index in [1.807, 2.05) is 0 Å². The predicted octanol–water partition coefficient (Wildman–Crippen LogP) is 20.2. The van der Waals surface area contributed by atoms with Crippen molar-refractivity contribution in [3.63, 3.8) is 0 Å². The smallest absolute Gasteiger partial charge is 0.462 e. The summed E-state index contributed by atoms with van der Waals surface area (Å²) in [6.07, 6.45) is 46.3. The maximum absolute atomic E-state index is 13.0. The molecule has 0 bridgehead atoms. The quantitative estimate of drug-likeness (QED) is 0.0222. The average Bonchev–Trinajstić information content (AvgIpc) is 3.67. The normalized spacial score (nSPS) is 14.2. The second-order valence-corrected chi connectivity index (χ2v) is 30.0. The van der Waals surface area contributed by atoms with Gasteiger partial charge < -0.3 is 33.8 Å². The average molecular weight is 1330 g/mol. The third kappa shape index (κ3) is 64.8. The Kier molecular flexibility index (Phi) is 60.6. The van der Waals surface area contributed by atoms with E-state index in [9.17, 15) is 43.2 Å². The Morgan fingerprint density at radius 1 is 0.300 bits per heavy atom. The standard InChI is InChI=1S/C71H138O17P2/c1-8-9-10-35-45-52-68(73)81-58-66(87-71(76)55-48-41-34-28-27-31-38-44-51-64(6)7)60-85-89(77,78)83-56-65(72)57-84-90(79,80)86-61-67(88-70(75)54-47-40-33-26-22-18-14-12-16-20-24-30-37-43-50-63(4)5)59-82-69(74)53-46-39-32-25-21-17-13-11-15-19-23-29-36-42-49-62(2)3/h62-67,72H,8-61H2,1-7H3,(H,77,78)(H,79,80)/t65-,66+,67+/m0/s1. The molecule has 0 aromatic carbocycles. The SMILES string of the molecule is CCCCCCCC(=O)OC[C@H](COP(=O)(O)OC[C@H](O)COP(=O)(O)OC[C@@H](COC(=O)CCCCCCCCCCCCCCCCC(C)C)OC(=O)CCCCCCCCCCCCCCCCC(C)C)OC(=O)CCCCCCCCCCC(C)C. The lowest BCUT2D eigenvalue weighted by atomic mass is 10.0. The van der Waals surface area contributed by atoms with Crippen molar-refractivity contribution < 1.29 is 80.2 Å². The van der Waals surface area contributed by atoms with Gasteiger partial charge in [-0.2, -0.15) is 0 Å². The monoisotopic (exact) mass is 1320 g/mol. The van der Waals surface area contributed by atoms with E-state index in [0.29, 0.717) is 25.7 Å².